The van der Waals surface area contributed by atoms with E-state index in [1.54, 1.807) is 13.8 Å². The molecule has 0 saturated carbocycles. The van der Waals surface area contributed by atoms with E-state index in [1.807, 2.05) is 55.6 Å². The maximum Gasteiger partial charge on any atom is 0.264 e. The molecule has 1 amide bonds. The highest BCUT2D eigenvalue weighted by atomic mass is 32.2. The number of aldehydes is 1. The molecule has 0 bridgehead atoms. The number of nitrogens with zero attached hydrogens (tertiary/aromatic N) is 1. The van der Waals surface area contributed by atoms with E-state index >= 15 is 0 Å². The zero-order valence-electron chi connectivity index (χ0n) is 19.9. The molecule has 10 heteroatoms. The zero-order valence-corrected chi connectivity index (χ0v) is 20.7. The van der Waals surface area contributed by atoms with Crippen LogP contribution in [-0.2, 0) is 9.59 Å². The molecule has 1 unspecified atom stereocenters. The van der Waals surface area contributed by atoms with Crippen LogP contribution in [0, 0.1) is 5.41 Å². The molecule has 1 atom stereocenters. The topological polar surface area (TPSA) is 149 Å². The summed E-state index contributed by atoms with van der Waals surface area (Å²) in [6, 6.07) is 14.8. The smallest absolute Gasteiger partial charge is 0.264 e. The van der Waals surface area contributed by atoms with Gasteiger partial charge < -0.3 is 32.0 Å². The summed E-state index contributed by atoms with van der Waals surface area (Å²) in [7, 11) is 1.88. The number of alkyl halides is 1. The Bertz CT molecular complexity index is 937. The van der Waals surface area contributed by atoms with Crippen LogP contribution in [0.15, 0.2) is 58.4 Å². The lowest BCUT2D eigenvalue weighted by Gasteiger charge is -2.09. The minimum Gasteiger partial charge on any atom is -0.388 e. The molecule has 2 aromatic carbocycles. The molecule has 0 aliphatic rings. The number of amides is 1. The maximum absolute atomic E-state index is 12.0. The summed E-state index contributed by atoms with van der Waals surface area (Å²) in [5, 5.41) is 3.08. The predicted molar refractivity (Wildman–Crippen MR) is 140 cm³/mol. The summed E-state index contributed by atoms with van der Waals surface area (Å²) in [5.41, 5.74) is 19.2. The number of nitrogens with two attached hydrogens (primary N) is 3. The summed E-state index contributed by atoms with van der Waals surface area (Å²) in [4.78, 5) is 26.7. The van der Waals surface area contributed by atoms with Crippen molar-refractivity contribution in [3.8, 4) is 0 Å². The Balaban J connectivity index is 0.000000718. The second-order valence-electron chi connectivity index (χ2n) is 8.17. The van der Waals surface area contributed by atoms with Crippen LogP contribution in [0.25, 0.3) is 0 Å². The maximum atomic E-state index is 12.0. The van der Waals surface area contributed by atoms with Gasteiger partial charge in [0.05, 0.1) is 6.04 Å². The monoisotopic (exact) mass is 490 g/mol. The highest BCUT2D eigenvalue weighted by Gasteiger charge is 2.14. The average Bonchev–Trinajstić information content (AvgIpc) is 2.86. The lowest BCUT2D eigenvalue weighted by Crippen LogP contribution is -2.31. The molecule has 0 aromatic heterocycles. The van der Waals surface area contributed by atoms with E-state index in [9.17, 15) is 14.0 Å². The van der Waals surface area contributed by atoms with Crippen molar-refractivity contribution in [2.75, 3.05) is 30.3 Å². The van der Waals surface area contributed by atoms with Gasteiger partial charge in [0.2, 0.25) is 0 Å². The van der Waals surface area contributed by atoms with E-state index in [0.717, 1.165) is 16.3 Å². The van der Waals surface area contributed by atoms with Crippen LogP contribution in [0.1, 0.15) is 32.3 Å². The SMILES string of the molecule is CC(C)(C=O)CF.CNc1ccc(NSc2cccc(C(N)=NC(=O)C(N)CCCN)c2)cc1. The van der Waals surface area contributed by atoms with Gasteiger partial charge in [0, 0.05) is 34.3 Å². The highest BCUT2D eigenvalue weighted by molar-refractivity contribution is 8.00. The standard InChI is InChI=1S/C19H26N6OS.C5H9FO/c1-23-14-7-9-15(10-8-14)25-27-16-5-2-4-13(12-16)18(22)24-19(26)17(21)6-3-11-20;1-5(2,3-6)4-7/h2,4-5,7-10,12,17,23,25H,3,6,11,20-21H2,1H3,(H2,22,24,26);4H,3H2,1-2H3. The molecule has 8 N–H and O–H groups in total. The van der Waals surface area contributed by atoms with Crippen LogP contribution >= 0.6 is 11.9 Å². The summed E-state index contributed by atoms with van der Waals surface area (Å²) >= 11 is 1.45. The molecule has 0 spiro atoms. The second kappa shape index (κ2) is 15.0. The first-order valence-corrected chi connectivity index (χ1v) is 11.6. The minimum absolute atomic E-state index is 0.157. The van der Waals surface area contributed by atoms with E-state index < -0.39 is 24.0 Å². The minimum atomic E-state index is -0.764. The first kappa shape index (κ1) is 29.1. The van der Waals surface area contributed by atoms with Gasteiger partial charge in [0.25, 0.3) is 5.91 Å². The van der Waals surface area contributed by atoms with Crippen molar-refractivity contribution in [2.24, 2.45) is 27.6 Å². The normalized spacial score (nSPS) is 12.2. The molecular weight excluding hydrogens is 455 g/mol. The summed E-state index contributed by atoms with van der Waals surface area (Å²) < 4.78 is 14.8. The summed E-state index contributed by atoms with van der Waals surface area (Å²) in [5.74, 6) is -0.272. The first-order chi connectivity index (χ1) is 16.1. The van der Waals surface area contributed by atoms with Crippen molar-refractivity contribution in [3.63, 3.8) is 0 Å². The Kier molecular flexibility index (Phi) is 12.9. The van der Waals surface area contributed by atoms with Crippen molar-refractivity contribution in [2.45, 2.75) is 37.6 Å². The van der Waals surface area contributed by atoms with Gasteiger partial charge in [-0.3, -0.25) is 9.18 Å². The molecule has 2 aromatic rings. The van der Waals surface area contributed by atoms with Crippen molar-refractivity contribution in [3.05, 3.63) is 54.1 Å². The van der Waals surface area contributed by atoms with Gasteiger partial charge in [-0.25, -0.2) is 0 Å². The van der Waals surface area contributed by atoms with E-state index in [2.05, 4.69) is 15.0 Å². The molecule has 34 heavy (non-hydrogen) atoms. The van der Waals surface area contributed by atoms with Gasteiger partial charge in [-0.15, -0.1) is 0 Å². The van der Waals surface area contributed by atoms with Crippen LogP contribution in [-0.4, -0.2) is 44.3 Å². The fourth-order valence-electron chi connectivity index (χ4n) is 2.30. The molecule has 8 nitrogen and oxygen atoms in total. The molecular formula is C24H35FN6O2S. The first-order valence-electron chi connectivity index (χ1n) is 10.8. The molecule has 0 fully saturated rings. The Morgan fingerprint density at radius 2 is 1.85 bits per heavy atom. The van der Waals surface area contributed by atoms with Gasteiger partial charge in [0.15, 0.2) is 0 Å². The Labute approximate surface area is 205 Å². The predicted octanol–water partition coefficient (Wildman–Crippen LogP) is 3.33. The molecule has 186 valence electrons. The number of aliphatic imine (C=N–C) groups is 1. The molecule has 0 aliphatic carbocycles. The van der Waals surface area contributed by atoms with E-state index in [1.165, 1.54) is 11.9 Å². The molecule has 0 heterocycles. The quantitative estimate of drug-likeness (QED) is 0.139. The molecule has 0 saturated heterocycles. The number of benzene rings is 2. The average molecular weight is 491 g/mol. The third-order valence-corrected chi connectivity index (χ3v) is 5.35. The number of carbonyl (C=O) groups excluding carboxylic acids is 2. The van der Waals surface area contributed by atoms with Gasteiger partial charge in [-0.05, 0) is 67.7 Å². The second-order valence-corrected chi connectivity index (χ2v) is 9.05. The number of hydrogen-bond donors (Lipinski definition) is 5. The van der Waals surface area contributed by atoms with Crippen molar-refractivity contribution >= 4 is 41.4 Å². The van der Waals surface area contributed by atoms with Gasteiger partial charge in [0.1, 0.15) is 18.8 Å². The zero-order chi connectivity index (χ0) is 25.6. The van der Waals surface area contributed by atoms with Crippen molar-refractivity contribution in [1.82, 2.24) is 0 Å². The number of anilines is 2. The fourth-order valence-corrected chi connectivity index (χ4v) is 3.00. The van der Waals surface area contributed by atoms with E-state index in [4.69, 9.17) is 17.2 Å². The van der Waals surface area contributed by atoms with Crippen LogP contribution in [0.2, 0.25) is 0 Å². The third-order valence-electron chi connectivity index (χ3n) is 4.52. The Hall–Kier alpha value is -2.95. The number of rotatable bonds is 11. The van der Waals surface area contributed by atoms with Crippen molar-refractivity contribution < 1.29 is 14.0 Å². The van der Waals surface area contributed by atoms with Crippen LogP contribution in [0.3, 0.4) is 0 Å². The van der Waals surface area contributed by atoms with Gasteiger partial charge in [-0.1, -0.05) is 26.0 Å². The molecule has 0 radical (unpaired) electrons. The fraction of sp³-hybridized carbons (Fsp3) is 0.375. The van der Waals surface area contributed by atoms with Crippen LogP contribution < -0.4 is 27.2 Å². The number of nitrogens with one attached hydrogen (secondary N) is 2. The number of hydrogen-bond acceptors (Lipinski definition) is 7. The lowest BCUT2D eigenvalue weighted by molar-refractivity contribution is -0.119. The van der Waals surface area contributed by atoms with E-state index in [-0.39, 0.29) is 5.84 Å². The summed E-state index contributed by atoms with van der Waals surface area (Å²) in [6.07, 6.45) is 1.79. The molecule has 2 rings (SSSR count). The third kappa shape index (κ3) is 10.8. The van der Waals surface area contributed by atoms with Crippen LogP contribution in [0.5, 0.6) is 0 Å². The summed E-state index contributed by atoms with van der Waals surface area (Å²) in [6.45, 7) is 3.03. The highest BCUT2D eigenvalue weighted by Crippen LogP contribution is 2.23. The van der Waals surface area contributed by atoms with Gasteiger partial charge in [-0.2, -0.15) is 4.99 Å². The van der Waals surface area contributed by atoms with Crippen LogP contribution in [0.4, 0.5) is 15.8 Å². The largest absolute Gasteiger partial charge is 0.388 e. The van der Waals surface area contributed by atoms with Crippen molar-refractivity contribution in [1.29, 1.82) is 0 Å². The number of carbonyl (C=O) groups is 2. The number of halogens is 1. The van der Waals surface area contributed by atoms with E-state index in [0.29, 0.717) is 31.2 Å². The number of amidine groups is 1. The Morgan fingerprint density at radius 3 is 2.38 bits per heavy atom. The molecule has 0 aliphatic heterocycles. The van der Waals surface area contributed by atoms with Gasteiger partial charge >= 0.3 is 0 Å². The Morgan fingerprint density at radius 1 is 1.21 bits per heavy atom. The lowest BCUT2D eigenvalue weighted by atomic mass is 9.99.